The Balaban J connectivity index is 2.04. The van der Waals surface area contributed by atoms with Crippen LogP contribution < -0.4 is 5.73 Å². The Morgan fingerprint density at radius 1 is 1.17 bits per heavy atom. The second kappa shape index (κ2) is 6.05. The molecule has 4 unspecified atom stereocenters. The Labute approximate surface area is 111 Å². The summed E-state index contributed by atoms with van der Waals surface area (Å²) in [6.45, 7) is 6.11. The van der Waals surface area contributed by atoms with Crippen LogP contribution in [0, 0.1) is 17.8 Å². The van der Waals surface area contributed by atoms with Crippen LogP contribution in [0.25, 0.3) is 0 Å². The van der Waals surface area contributed by atoms with Gasteiger partial charge in [0, 0.05) is 18.5 Å². The summed E-state index contributed by atoms with van der Waals surface area (Å²) >= 11 is 0. The summed E-state index contributed by atoms with van der Waals surface area (Å²) in [6.07, 6.45) is 7.07. The topological polar surface area (TPSA) is 46.3 Å². The van der Waals surface area contributed by atoms with E-state index in [1.807, 2.05) is 0 Å². The van der Waals surface area contributed by atoms with Crippen LogP contribution in [-0.4, -0.2) is 29.9 Å². The number of rotatable bonds is 2. The van der Waals surface area contributed by atoms with Crippen molar-refractivity contribution in [2.45, 2.75) is 58.4 Å². The monoisotopic (exact) mass is 252 g/mol. The summed E-state index contributed by atoms with van der Waals surface area (Å²) in [5.74, 6) is 1.67. The molecule has 0 spiro atoms. The van der Waals surface area contributed by atoms with Crippen LogP contribution in [-0.2, 0) is 4.79 Å². The standard InChI is InChI=1S/C15H28N2O/c1-11-6-5-9-17(12(11)2)15(18)14-8-4-3-7-13(14)10-16/h11-14H,3-10,16H2,1-2H3. The lowest BCUT2D eigenvalue weighted by molar-refractivity contribution is -0.143. The van der Waals surface area contributed by atoms with Gasteiger partial charge in [-0.25, -0.2) is 0 Å². The van der Waals surface area contributed by atoms with E-state index < -0.39 is 0 Å². The summed E-state index contributed by atoms with van der Waals surface area (Å²) in [7, 11) is 0. The maximum absolute atomic E-state index is 12.7. The van der Waals surface area contributed by atoms with Gasteiger partial charge in [-0.1, -0.05) is 19.8 Å². The van der Waals surface area contributed by atoms with Crippen LogP contribution in [0.2, 0.25) is 0 Å². The number of likely N-dealkylation sites (tertiary alicyclic amines) is 1. The second-order valence-corrected chi connectivity index (χ2v) is 6.28. The zero-order valence-electron chi connectivity index (χ0n) is 11.9. The Bertz CT molecular complexity index is 282. The quantitative estimate of drug-likeness (QED) is 0.820. The predicted molar refractivity (Wildman–Crippen MR) is 74.1 cm³/mol. The van der Waals surface area contributed by atoms with Crippen LogP contribution in [0.1, 0.15) is 52.4 Å². The SMILES string of the molecule is CC1CCCN(C(=O)C2CCCCC2CN)C1C. The first-order chi connectivity index (χ1) is 8.65. The third kappa shape index (κ3) is 2.71. The molecule has 1 saturated carbocycles. The minimum absolute atomic E-state index is 0.205. The smallest absolute Gasteiger partial charge is 0.226 e. The lowest BCUT2D eigenvalue weighted by Gasteiger charge is -2.42. The lowest BCUT2D eigenvalue weighted by Crippen LogP contribution is -2.50. The summed E-state index contributed by atoms with van der Waals surface area (Å²) in [5, 5.41) is 0. The number of carbonyl (C=O) groups excluding carboxylic acids is 1. The Morgan fingerprint density at radius 2 is 1.89 bits per heavy atom. The van der Waals surface area contributed by atoms with E-state index in [0.29, 0.717) is 30.3 Å². The van der Waals surface area contributed by atoms with Crippen molar-refractivity contribution in [3.63, 3.8) is 0 Å². The first-order valence-electron chi connectivity index (χ1n) is 7.65. The van der Waals surface area contributed by atoms with Crippen LogP contribution in [0.5, 0.6) is 0 Å². The van der Waals surface area contributed by atoms with Crippen molar-refractivity contribution in [3.05, 3.63) is 0 Å². The highest BCUT2D eigenvalue weighted by Crippen LogP contribution is 2.33. The van der Waals surface area contributed by atoms with E-state index in [9.17, 15) is 4.79 Å². The molecule has 1 heterocycles. The van der Waals surface area contributed by atoms with Crippen LogP contribution in [0.3, 0.4) is 0 Å². The first kappa shape index (κ1) is 13.9. The number of amides is 1. The third-order valence-corrected chi connectivity index (χ3v) is 5.19. The van der Waals surface area contributed by atoms with Crippen LogP contribution >= 0.6 is 0 Å². The van der Waals surface area contributed by atoms with Gasteiger partial charge in [0.2, 0.25) is 5.91 Å². The highest BCUT2D eigenvalue weighted by Gasteiger charge is 2.36. The number of hydrogen-bond donors (Lipinski definition) is 1. The number of carbonyl (C=O) groups is 1. The van der Waals surface area contributed by atoms with E-state index in [2.05, 4.69) is 18.7 Å². The van der Waals surface area contributed by atoms with Crippen molar-refractivity contribution < 1.29 is 4.79 Å². The van der Waals surface area contributed by atoms with Gasteiger partial charge in [0.1, 0.15) is 0 Å². The predicted octanol–water partition coefficient (Wildman–Crippen LogP) is 2.40. The van der Waals surface area contributed by atoms with Gasteiger partial charge in [-0.2, -0.15) is 0 Å². The molecule has 18 heavy (non-hydrogen) atoms. The van der Waals surface area contributed by atoms with E-state index in [1.165, 1.54) is 19.3 Å². The fourth-order valence-electron chi connectivity index (χ4n) is 3.67. The molecule has 1 saturated heterocycles. The Hall–Kier alpha value is -0.570. The summed E-state index contributed by atoms with van der Waals surface area (Å²) < 4.78 is 0. The fraction of sp³-hybridized carbons (Fsp3) is 0.933. The molecule has 0 aromatic rings. The van der Waals surface area contributed by atoms with E-state index in [-0.39, 0.29) is 5.92 Å². The summed E-state index contributed by atoms with van der Waals surface area (Å²) in [6, 6.07) is 0.409. The lowest BCUT2D eigenvalue weighted by atomic mass is 9.77. The minimum Gasteiger partial charge on any atom is -0.339 e. The zero-order chi connectivity index (χ0) is 13.1. The van der Waals surface area contributed by atoms with E-state index >= 15 is 0 Å². The largest absolute Gasteiger partial charge is 0.339 e. The molecule has 2 aliphatic rings. The van der Waals surface area contributed by atoms with Crippen LogP contribution in [0.4, 0.5) is 0 Å². The number of piperidine rings is 1. The van der Waals surface area contributed by atoms with Crippen LogP contribution in [0.15, 0.2) is 0 Å². The van der Waals surface area contributed by atoms with Crippen molar-refractivity contribution in [2.75, 3.05) is 13.1 Å². The van der Waals surface area contributed by atoms with Gasteiger partial charge in [-0.15, -0.1) is 0 Å². The molecule has 1 amide bonds. The fourth-order valence-corrected chi connectivity index (χ4v) is 3.67. The van der Waals surface area contributed by atoms with Gasteiger partial charge in [0.15, 0.2) is 0 Å². The second-order valence-electron chi connectivity index (χ2n) is 6.28. The first-order valence-corrected chi connectivity index (χ1v) is 7.65. The van der Waals surface area contributed by atoms with Gasteiger partial charge < -0.3 is 10.6 Å². The number of nitrogens with two attached hydrogens (primary N) is 1. The highest BCUT2D eigenvalue weighted by molar-refractivity contribution is 5.79. The molecule has 1 aliphatic carbocycles. The number of nitrogens with zero attached hydrogens (tertiary/aromatic N) is 1. The number of hydrogen-bond acceptors (Lipinski definition) is 2. The molecule has 2 rings (SSSR count). The average Bonchev–Trinajstić information content (AvgIpc) is 2.41. The molecular weight excluding hydrogens is 224 g/mol. The molecule has 3 heteroatoms. The molecule has 0 bridgehead atoms. The Morgan fingerprint density at radius 3 is 2.61 bits per heavy atom. The van der Waals surface area contributed by atoms with E-state index in [0.717, 1.165) is 25.8 Å². The molecule has 0 radical (unpaired) electrons. The molecule has 4 atom stereocenters. The molecule has 3 nitrogen and oxygen atoms in total. The van der Waals surface area contributed by atoms with Crippen molar-refractivity contribution in [1.29, 1.82) is 0 Å². The van der Waals surface area contributed by atoms with E-state index in [1.54, 1.807) is 0 Å². The molecule has 2 fully saturated rings. The highest BCUT2D eigenvalue weighted by atomic mass is 16.2. The maximum atomic E-state index is 12.7. The van der Waals surface area contributed by atoms with Crippen molar-refractivity contribution in [2.24, 2.45) is 23.5 Å². The zero-order valence-corrected chi connectivity index (χ0v) is 11.9. The van der Waals surface area contributed by atoms with Gasteiger partial charge >= 0.3 is 0 Å². The summed E-state index contributed by atoms with van der Waals surface area (Å²) in [5.41, 5.74) is 5.85. The molecule has 0 aromatic heterocycles. The van der Waals surface area contributed by atoms with Gasteiger partial charge in [0.25, 0.3) is 0 Å². The molecule has 1 aliphatic heterocycles. The van der Waals surface area contributed by atoms with Crippen molar-refractivity contribution in [3.8, 4) is 0 Å². The molecule has 2 N–H and O–H groups in total. The molecular formula is C15H28N2O. The third-order valence-electron chi connectivity index (χ3n) is 5.19. The van der Waals surface area contributed by atoms with Gasteiger partial charge in [-0.3, -0.25) is 4.79 Å². The van der Waals surface area contributed by atoms with Crippen molar-refractivity contribution >= 4 is 5.91 Å². The average molecular weight is 252 g/mol. The van der Waals surface area contributed by atoms with Gasteiger partial charge in [0.05, 0.1) is 0 Å². The van der Waals surface area contributed by atoms with Gasteiger partial charge in [-0.05, 0) is 51.0 Å². The molecule has 0 aromatic carbocycles. The van der Waals surface area contributed by atoms with Crippen molar-refractivity contribution in [1.82, 2.24) is 4.90 Å². The summed E-state index contributed by atoms with van der Waals surface area (Å²) in [4.78, 5) is 14.9. The normalized spacial score (nSPS) is 37.6. The Kier molecular flexibility index (Phi) is 4.66. The van der Waals surface area contributed by atoms with E-state index in [4.69, 9.17) is 5.73 Å². The molecule has 104 valence electrons. The maximum Gasteiger partial charge on any atom is 0.226 e. The minimum atomic E-state index is 0.205.